The Bertz CT molecular complexity index is 640. The van der Waals surface area contributed by atoms with Crippen LogP contribution in [0.5, 0.6) is 0 Å². The van der Waals surface area contributed by atoms with Crippen LogP contribution in [0.1, 0.15) is 27.9 Å². The van der Waals surface area contributed by atoms with Crippen LogP contribution in [0.3, 0.4) is 0 Å². The Morgan fingerprint density at radius 3 is 2.76 bits per heavy atom. The van der Waals surface area contributed by atoms with Gasteiger partial charge in [-0.25, -0.2) is 0 Å². The highest BCUT2D eigenvalue weighted by molar-refractivity contribution is 9.10. The molecule has 0 aliphatic carbocycles. The third kappa shape index (κ3) is 4.68. The number of benzene rings is 2. The van der Waals surface area contributed by atoms with Gasteiger partial charge in [0.2, 0.25) is 0 Å². The van der Waals surface area contributed by atoms with Crippen molar-refractivity contribution in [2.24, 2.45) is 0 Å². The number of rotatable bonds is 5. The van der Waals surface area contributed by atoms with Gasteiger partial charge in [0, 0.05) is 15.5 Å². The van der Waals surface area contributed by atoms with E-state index in [1.165, 1.54) is 5.56 Å². The van der Waals surface area contributed by atoms with E-state index in [1.807, 2.05) is 43.3 Å². The molecule has 0 saturated carbocycles. The molecule has 0 heterocycles. The standard InChI is InChI=1S/C17H17Br2NO/c1-12-7-8-16(19)15(10-12)17(21)20-14-6-2-4-13(11-14)5-3-9-18/h2,4,6-8,10-11H,3,5,9H2,1H3,(H,20,21). The predicted octanol–water partition coefficient (Wildman–Crippen LogP) is 5.34. The van der Waals surface area contributed by atoms with E-state index in [-0.39, 0.29) is 5.91 Å². The number of amides is 1. The summed E-state index contributed by atoms with van der Waals surface area (Å²) in [5.41, 5.74) is 3.78. The fourth-order valence-corrected chi connectivity index (χ4v) is 2.79. The predicted molar refractivity (Wildman–Crippen MR) is 95.4 cm³/mol. The molecule has 110 valence electrons. The van der Waals surface area contributed by atoms with Gasteiger partial charge in [0.05, 0.1) is 5.56 Å². The van der Waals surface area contributed by atoms with E-state index in [1.54, 1.807) is 0 Å². The van der Waals surface area contributed by atoms with Crippen LogP contribution in [0, 0.1) is 6.92 Å². The minimum absolute atomic E-state index is 0.0942. The fourth-order valence-electron chi connectivity index (χ4n) is 2.09. The second-order valence-electron chi connectivity index (χ2n) is 4.93. The second kappa shape index (κ2) is 7.76. The Morgan fingerprint density at radius 2 is 2.00 bits per heavy atom. The summed E-state index contributed by atoms with van der Waals surface area (Å²) in [5.74, 6) is -0.0942. The lowest BCUT2D eigenvalue weighted by molar-refractivity contribution is 0.102. The van der Waals surface area contributed by atoms with Gasteiger partial charge in [0.25, 0.3) is 5.91 Å². The first-order valence-corrected chi connectivity index (χ1v) is 8.74. The Kier molecular flexibility index (Phi) is 6.00. The Hall–Kier alpha value is -1.13. The van der Waals surface area contributed by atoms with E-state index in [0.717, 1.165) is 33.9 Å². The molecule has 0 atom stereocenters. The van der Waals surface area contributed by atoms with Gasteiger partial charge >= 0.3 is 0 Å². The highest BCUT2D eigenvalue weighted by Gasteiger charge is 2.10. The molecule has 2 nitrogen and oxygen atoms in total. The summed E-state index contributed by atoms with van der Waals surface area (Å²) < 4.78 is 0.807. The van der Waals surface area contributed by atoms with Crippen LogP contribution in [-0.2, 0) is 6.42 Å². The number of carbonyl (C=O) groups excluding carboxylic acids is 1. The van der Waals surface area contributed by atoms with E-state index < -0.39 is 0 Å². The lowest BCUT2D eigenvalue weighted by Gasteiger charge is -2.09. The number of aryl methyl sites for hydroxylation is 2. The lowest BCUT2D eigenvalue weighted by Crippen LogP contribution is -2.13. The van der Waals surface area contributed by atoms with Crippen molar-refractivity contribution in [3.63, 3.8) is 0 Å². The van der Waals surface area contributed by atoms with Crippen molar-refractivity contribution in [2.45, 2.75) is 19.8 Å². The third-order valence-corrected chi connectivity index (χ3v) is 4.40. The molecule has 1 N–H and O–H groups in total. The van der Waals surface area contributed by atoms with Crippen molar-refractivity contribution in [3.05, 3.63) is 63.6 Å². The summed E-state index contributed by atoms with van der Waals surface area (Å²) in [5, 5.41) is 3.95. The first-order valence-electron chi connectivity index (χ1n) is 6.82. The van der Waals surface area contributed by atoms with Crippen molar-refractivity contribution in [1.82, 2.24) is 0 Å². The Labute approximate surface area is 142 Å². The number of nitrogens with one attached hydrogen (secondary N) is 1. The van der Waals surface area contributed by atoms with E-state index >= 15 is 0 Å². The van der Waals surface area contributed by atoms with Gasteiger partial charge in [-0.2, -0.15) is 0 Å². The zero-order valence-corrected chi connectivity index (χ0v) is 15.0. The van der Waals surface area contributed by atoms with Crippen LogP contribution in [0.4, 0.5) is 5.69 Å². The summed E-state index contributed by atoms with van der Waals surface area (Å²) >= 11 is 6.86. The maximum Gasteiger partial charge on any atom is 0.256 e. The van der Waals surface area contributed by atoms with Gasteiger partial charge in [-0.3, -0.25) is 4.79 Å². The van der Waals surface area contributed by atoms with E-state index in [0.29, 0.717) is 5.56 Å². The van der Waals surface area contributed by atoms with Crippen LogP contribution in [-0.4, -0.2) is 11.2 Å². The maximum absolute atomic E-state index is 12.4. The van der Waals surface area contributed by atoms with Crippen LogP contribution >= 0.6 is 31.9 Å². The number of hydrogen-bond donors (Lipinski definition) is 1. The molecule has 2 aromatic rings. The van der Waals surface area contributed by atoms with Crippen molar-refractivity contribution >= 4 is 43.5 Å². The fraction of sp³-hybridized carbons (Fsp3) is 0.235. The number of anilines is 1. The molecule has 2 rings (SSSR count). The normalized spacial score (nSPS) is 10.4. The van der Waals surface area contributed by atoms with Crippen molar-refractivity contribution < 1.29 is 4.79 Å². The molecule has 0 saturated heterocycles. The van der Waals surface area contributed by atoms with Crippen molar-refractivity contribution in [2.75, 3.05) is 10.6 Å². The van der Waals surface area contributed by atoms with Crippen LogP contribution in [0.15, 0.2) is 46.9 Å². The van der Waals surface area contributed by atoms with E-state index in [9.17, 15) is 4.79 Å². The number of carbonyl (C=O) groups is 1. The van der Waals surface area contributed by atoms with Crippen LogP contribution < -0.4 is 5.32 Å². The Morgan fingerprint density at radius 1 is 1.19 bits per heavy atom. The molecule has 0 aromatic heterocycles. The minimum atomic E-state index is -0.0942. The van der Waals surface area contributed by atoms with Gasteiger partial charge in [-0.1, -0.05) is 39.7 Å². The Balaban J connectivity index is 2.14. The monoisotopic (exact) mass is 409 g/mol. The second-order valence-corrected chi connectivity index (χ2v) is 6.58. The lowest BCUT2D eigenvalue weighted by atomic mass is 10.1. The number of halogens is 2. The summed E-state index contributed by atoms with van der Waals surface area (Å²) in [6, 6.07) is 13.8. The summed E-state index contributed by atoms with van der Waals surface area (Å²) in [6.45, 7) is 1.98. The quantitative estimate of drug-likeness (QED) is 0.662. The molecular weight excluding hydrogens is 394 g/mol. The molecule has 0 unspecified atom stereocenters. The maximum atomic E-state index is 12.4. The van der Waals surface area contributed by atoms with E-state index in [2.05, 4.69) is 43.2 Å². The highest BCUT2D eigenvalue weighted by atomic mass is 79.9. The molecule has 4 heteroatoms. The SMILES string of the molecule is Cc1ccc(Br)c(C(=O)Nc2cccc(CCCBr)c2)c1. The van der Waals surface area contributed by atoms with Gasteiger partial charge in [-0.05, 0) is 65.5 Å². The minimum Gasteiger partial charge on any atom is -0.322 e. The number of alkyl halides is 1. The first kappa shape index (κ1) is 16.2. The molecule has 0 aliphatic heterocycles. The summed E-state index contributed by atoms with van der Waals surface area (Å²) in [6.07, 6.45) is 2.09. The molecule has 1 amide bonds. The van der Waals surface area contributed by atoms with Gasteiger partial charge in [0.1, 0.15) is 0 Å². The summed E-state index contributed by atoms with van der Waals surface area (Å²) in [4.78, 5) is 12.4. The largest absolute Gasteiger partial charge is 0.322 e. The van der Waals surface area contributed by atoms with Crippen molar-refractivity contribution in [1.29, 1.82) is 0 Å². The molecule has 2 aromatic carbocycles. The molecule has 0 aliphatic rings. The molecule has 0 radical (unpaired) electrons. The zero-order chi connectivity index (χ0) is 15.2. The molecular formula is C17H17Br2NO. The molecule has 21 heavy (non-hydrogen) atoms. The van der Waals surface area contributed by atoms with Crippen molar-refractivity contribution in [3.8, 4) is 0 Å². The molecule has 0 fully saturated rings. The average Bonchev–Trinajstić information content (AvgIpc) is 2.48. The zero-order valence-electron chi connectivity index (χ0n) is 11.8. The smallest absolute Gasteiger partial charge is 0.256 e. The summed E-state index contributed by atoms with van der Waals surface area (Å²) in [7, 11) is 0. The van der Waals surface area contributed by atoms with Gasteiger partial charge in [0.15, 0.2) is 0 Å². The first-order chi connectivity index (χ1) is 10.1. The third-order valence-electron chi connectivity index (χ3n) is 3.15. The van der Waals surface area contributed by atoms with Gasteiger partial charge < -0.3 is 5.32 Å². The topological polar surface area (TPSA) is 29.1 Å². The highest BCUT2D eigenvalue weighted by Crippen LogP contribution is 2.20. The van der Waals surface area contributed by atoms with Crippen LogP contribution in [0.2, 0.25) is 0 Å². The molecule has 0 spiro atoms. The average molecular weight is 411 g/mol. The van der Waals surface area contributed by atoms with E-state index in [4.69, 9.17) is 0 Å². The molecule has 0 bridgehead atoms. The van der Waals surface area contributed by atoms with Crippen LogP contribution in [0.25, 0.3) is 0 Å². The number of hydrogen-bond acceptors (Lipinski definition) is 1. The van der Waals surface area contributed by atoms with Gasteiger partial charge in [-0.15, -0.1) is 0 Å².